The monoisotopic (exact) mass is 188 g/mol. The van der Waals surface area contributed by atoms with Gasteiger partial charge in [0.15, 0.2) is 0 Å². The van der Waals surface area contributed by atoms with Crippen LogP contribution in [0.25, 0.3) is 0 Å². The maximum atomic E-state index is 8.36. The molecule has 0 aromatic carbocycles. The number of carbonyl (C=O) groups is 1. The molecule has 1 N–H and O–H groups in total. The van der Waals surface area contributed by atoms with E-state index in [0.717, 1.165) is 6.54 Å². The zero-order chi connectivity index (χ0) is 10.7. The van der Waals surface area contributed by atoms with Crippen molar-refractivity contribution in [3.63, 3.8) is 0 Å². The lowest BCUT2D eigenvalue weighted by Crippen LogP contribution is -2.47. The second-order valence-corrected chi connectivity index (χ2v) is 2.87. The highest BCUT2D eigenvalue weighted by molar-refractivity contribution is 5.32. The number of carboxylic acid groups (broad SMARTS) is 1. The molecule has 0 unspecified atom stereocenters. The van der Waals surface area contributed by atoms with E-state index in [9.17, 15) is 0 Å². The van der Waals surface area contributed by atoms with Crippen LogP contribution in [-0.4, -0.2) is 42.2 Å². The van der Waals surface area contributed by atoms with E-state index in [1.54, 1.807) is 0 Å². The van der Waals surface area contributed by atoms with Crippen molar-refractivity contribution in [2.45, 2.75) is 20.8 Å². The van der Waals surface area contributed by atoms with E-state index in [1.165, 1.54) is 24.1 Å². The molecule has 0 amide bonds. The summed E-state index contributed by atoms with van der Waals surface area (Å²) in [5, 5.41) is 6.89. The highest BCUT2D eigenvalue weighted by Crippen LogP contribution is 2.04. The lowest BCUT2D eigenvalue weighted by atomic mass is 10.3. The molecule has 0 atom stereocenters. The SMILES string of the molecule is C=CC[N+](CC)(CC)CC.O=CO. The van der Waals surface area contributed by atoms with Crippen molar-refractivity contribution in [3.8, 4) is 0 Å². The third-order valence-electron chi connectivity index (χ3n) is 2.53. The van der Waals surface area contributed by atoms with Gasteiger partial charge in [0.25, 0.3) is 6.47 Å². The maximum absolute atomic E-state index is 8.36. The number of hydrogen-bond acceptors (Lipinski definition) is 1. The van der Waals surface area contributed by atoms with Crippen LogP contribution >= 0.6 is 0 Å². The summed E-state index contributed by atoms with van der Waals surface area (Å²) in [5.74, 6) is 0. The Morgan fingerprint density at radius 2 is 1.54 bits per heavy atom. The molecule has 0 bridgehead atoms. The summed E-state index contributed by atoms with van der Waals surface area (Å²) >= 11 is 0. The third kappa shape index (κ3) is 6.34. The molecule has 0 rings (SSSR count). The average molecular weight is 188 g/mol. The van der Waals surface area contributed by atoms with Crippen molar-refractivity contribution in [3.05, 3.63) is 12.7 Å². The normalized spacial score (nSPS) is 9.77. The molecule has 78 valence electrons. The van der Waals surface area contributed by atoms with Gasteiger partial charge in [-0.1, -0.05) is 6.58 Å². The molecule has 0 aliphatic rings. The summed E-state index contributed by atoms with van der Waals surface area (Å²) in [6.45, 7) is 15.0. The molecule has 0 saturated carbocycles. The number of nitrogens with zero attached hydrogens (tertiary/aromatic N) is 1. The zero-order valence-corrected chi connectivity index (χ0v) is 8.99. The van der Waals surface area contributed by atoms with Crippen LogP contribution < -0.4 is 0 Å². The summed E-state index contributed by atoms with van der Waals surface area (Å²) in [4.78, 5) is 8.36. The molecule has 0 aromatic rings. The van der Waals surface area contributed by atoms with Gasteiger partial charge >= 0.3 is 0 Å². The minimum atomic E-state index is -0.250. The molecular weight excluding hydrogens is 166 g/mol. The Morgan fingerprint density at radius 3 is 1.62 bits per heavy atom. The fourth-order valence-electron chi connectivity index (χ4n) is 1.33. The van der Waals surface area contributed by atoms with Gasteiger partial charge in [-0.05, 0) is 26.8 Å². The summed E-state index contributed by atoms with van der Waals surface area (Å²) in [6.07, 6.45) is 2.02. The van der Waals surface area contributed by atoms with Gasteiger partial charge in [0.05, 0.1) is 26.2 Å². The Morgan fingerprint density at radius 1 is 1.23 bits per heavy atom. The minimum Gasteiger partial charge on any atom is -0.483 e. The highest BCUT2D eigenvalue weighted by atomic mass is 16.3. The van der Waals surface area contributed by atoms with Gasteiger partial charge in [-0.3, -0.25) is 4.79 Å². The predicted octanol–water partition coefficient (Wildman–Crippen LogP) is 1.75. The first-order valence-electron chi connectivity index (χ1n) is 4.70. The van der Waals surface area contributed by atoms with E-state index in [4.69, 9.17) is 9.90 Å². The van der Waals surface area contributed by atoms with E-state index in [1.807, 2.05) is 6.08 Å². The molecule has 0 fully saturated rings. The molecule has 0 aliphatic heterocycles. The molecule has 3 heteroatoms. The summed E-state index contributed by atoms with van der Waals surface area (Å²) in [5.41, 5.74) is 0. The predicted molar refractivity (Wildman–Crippen MR) is 55.6 cm³/mol. The summed E-state index contributed by atoms with van der Waals surface area (Å²) in [6, 6.07) is 0. The topological polar surface area (TPSA) is 37.3 Å². The smallest absolute Gasteiger partial charge is 0.290 e. The van der Waals surface area contributed by atoms with Crippen LogP contribution in [0.3, 0.4) is 0 Å². The van der Waals surface area contributed by atoms with E-state index < -0.39 is 0 Å². The fourth-order valence-corrected chi connectivity index (χ4v) is 1.33. The Bertz CT molecular complexity index is 123. The maximum Gasteiger partial charge on any atom is 0.290 e. The first-order chi connectivity index (χ1) is 6.16. The Hall–Kier alpha value is -0.830. The first-order valence-corrected chi connectivity index (χ1v) is 4.70. The van der Waals surface area contributed by atoms with E-state index in [2.05, 4.69) is 27.4 Å². The van der Waals surface area contributed by atoms with E-state index in [0.29, 0.717) is 0 Å². The molecule has 0 aromatic heterocycles. The van der Waals surface area contributed by atoms with Gasteiger partial charge in [0.1, 0.15) is 0 Å². The van der Waals surface area contributed by atoms with E-state index >= 15 is 0 Å². The lowest BCUT2D eigenvalue weighted by Gasteiger charge is -2.34. The third-order valence-corrected chi connectivity index (χ3v) is 2.53. The standard InChI is InChI=1S/C9H20N.CH2O2/c1-5-9-10(6-2,7-3)8-4;2-1-3/h5H,1,6-9H2,2-4H3;1H,(H,2,3)/q+1;. The number of hydrogen-bond donors (Lipinski definition) is 1. The number of rotatable bonds is 5. The molecule has 0 radical (unpaired) electrons. The molecule has 13 heavy (non-hydrogen) atoms. The van der Waals surface area contributed by atoms with Crippen LogP contribution in [0, 0.1) is 0 Å². The summed E-state index contributed by atoms with van der Waals surface area (Å²) < 4.78 is 1.18. The zero-order valence-electron chi connectivity index (χ0n) is 8.99. The largest absolute Gasteiger partial charge is 0.483 e. The van der Waals surface area contributed by atoms with Crippen molar-refractivity contribution in [1.82, 2.24) is 0 Å². The number of likely N-dealkylation sites (N-methyl/N-ethyl adjacent to an activating group) is 1. The van der Waals surface area contributed by atoms with Crippen molar-refractivity contribution in [2.75, 3.05) is 26.2 Å². The second kappa shape index (κ2) is 9.26. The molecule has 3 nitrogen and oxygen atoms in total. The van der Waals surface area contributed by atoms with Crippen LogP contribution in [-0.2, 0) is 4.79 Å². The van der Waals surface area contributed by atoms with Crippen LogP contribution in [0.15, 0.2) is 12.7 Å². The molecular formula is C10H22NO2+. The van der Waals surface area contributed by atoms with Crippen molar-refractivity contribution in [1.29, 1.82) is 0 Å². The van der Waals surface area contributed by atoms with Gasteiger partial charge in [0, 0.05) is 0 Å². The fraction of sp³-hybridized carbons (Fsp3) is 0.700. The Labute approximate surface area is 81.3 Å². The number of quaternary nitrogens is 1. The second-order valence-electron chi connectivity index (χ2n) is 2.87. The molecule has 0 heterocycles. The quantitative estimate of drug-likeness (QED) is 0.405. The van der Waals surface area contributed by atoms with E-state index in [-0.39, 0.29) is 6.47 Å². The van der Waals surface area contributed by atoms with Crippen molar-refractivity contribution in [2.24, 2.45) is 0 Å². The van der Waals surface area contributed by atoms with Crippen molar-refractivity contribution < 1.29 is 14.4 Å². The summed E-state index contributed by atoms with van der Waals surface area (Å²) in [7, 11) is 0. The molecule has 0 aliphatic carbocycles. The highest BCUT2D eigenvalue weighted by Gasteiger charge is 2.17. The Balaban J connectivity index is 0. The molecule has 0 saturated heterocycles. The van der Waals surface area contributed by atoms with Crippen molar-refractivity contribution >= 4 is 6.47 Å². The molecule has 0 spiro atoms. The van der Waals surface area contributed by atoms with Gasteiger partial charge < -0.3 is 9.59 Å². The average Bonchev–Trinajstić information content (AvgIpc) is 2.16. The van der Waals surface area contributed by atoms with Crippen LogP contribution in [0.4, 0.5) is 0 Å². The van der Waals surface area contributed by atoms with Gasteiger partial charge in [-0.15, -0.1) is 0 Å². The van der Waals surface area contributed by atoms with Gasteiger partial charge in [0.2, 0.25) is 0 Å². The van der Waals surface area contributed by atoms with Crippen LogP contribution in [0.1, 0.15) is 20.8 Å². The van der Waals surface area contributed by atoms with Gasteiger partial charge in [-0.2, -0.15) is 0 Å². The van der Waals surface area contributed by atoms with Crippen LogP contribution in [0.5, 0.6) is 0 Å². The Kier molecular flexibility index (Phi) is 10.5. The first kappa shape index (κ1) is 14.7. The lowest BCUT2D eigenvalue weighted by molar-refractivity contribution is -0.917. The van der Waals surface area contributed by atoms with Crippen LogP contribution in [0.2, 0.25) is 0 Å². The minimum absolute atomic E-state index is 0.250. The van der Waals surface area contributed by atoms with Gasteiger partial charge in [-0.25, -0.2) is 0 Å².